The Kier molecular flexibility index (Phi) is 9.10. The van der Waals surface area contributed by atoms with Crippen molar-refractivity contribution in [1.29, 1.82) is 0 Å². The Morgan fingerprint density at radius 2 is 2.00 bits per heavy atom. The molecule has 1 aliphatic carbocycles. The van der Waals surface area contributed by atoms with Crippen LogP contribution >= 0.6 is 15.9 Å². The second kappa shape index (κ2) is 10.6. The molecule has 1 N–H and O–H groups in total. The summed E-state index contributed by atoms with van der Waals surface area (Å²) in [5.41, 5.74) is 4.10. The molecule has 0 radical (unpaired) electrons. The summed E-state index contributed by atoms with van der Waals surface area (Å²) in [5, 5.41) is 3.02. The van der Waals surface area contributed by atoms with Gasteiger partial charge in [-0.1, -0.05) is 64.9 Å². The molecule has 1 aromatic rings. The first kappa shape index (κ1) is 18.9. The second-order valence-electron chi connectivity index (χ2n) is 5.64. The van der Waals surface area contributed by atoms with Gasteiger partial charge in [0.05, 0.1) is 0 Å². The van der Waals surface area contributed by atoms with Gasteiger partial charge in [-0.3, -0.25) is 0 Å². The Hall–Kier alpha value is -1.12. The average Bonchev–Trinajstić information content (AvgIpc) is 2.51. The third kappa shape index (κ3) is 6.76. The number of nitrogens with one attached hydrogen (secondary N) is 1. The molecule has 2 rings (SSSR count). The molecule has 22 heavy (non-hydrogen) atoms. The van der Waals surface area contributed by atoms with Crippen molar-refractivity contribution in [2.45, 2.75) is 33.6 Å². The molecule has 0 aliphatic heterocycles. The largest absolute Gasteiger partial charge is 0.320 e. The topological polar surface area (TPSA) is 12.0 Å². The van der Waals surface area contributed by atoms with Gasteiger partial charge in [0.15, 0.2) is 0 Å². The standard InChI is InChI=1S/C16H17Br.C4H11N/c1-12-5-3-4-6-15(12)11-13(2)14-7-9-16(17)10-8-14;1-3-4-5-2/h3-5,7-11,15H,6H2,1-2H3;5H,3-4H2,1-2H3/b13-11+;. The molecule has 1 atom stereocenters. The fourth-order valence-corrected chi connectivity index (χ4v) is 2.58. The van der Waals surface area contributed by atoms with Gasteiger partial charge in [-0.15, -0.1) is 0 Å². The maximum absolute atomic E-state index is 3.46. The van der Waals surface area contributed by atoms with Crippen molar-refractivity contribution >= 4 is 21.5 Å². The molecule has 1 unspecified atom stereocenters. The highest BCUT2D eigenvalue weighted by molar-refractivity contribution is 9.10. The predicted molar refractivity (Wildman–Crippen MR) is 103 cm³/mol. The van der Waals surface area contributed by atoms with Crippen LogP contribution in [0.3, 0.4) is 0 Å². The monoisotopic (exact) mass is 361 g/mol. The molecular weight excluding hydrogens is 334 g/mol. The molecule has 0 aromatic heterocycles. The van der Waals surface area contributed by atoms with E-state index in [2.05, 4.69) is 90.6 Å². The molecule has 0 bridgehead atoms. The van der Waals surface area contributed by atoms with Crippen LogP contribution in [0.1, 0.15) is 39.2 Å². The minimum Gasteiger partial charge on any atom is -0.320 e. The van der Waals surface area contributed by atoms with Crippen LogP contribution < -0.4 is 5.32 Å². The molecule has 0 saturated heterocycles. The zero-order valence-corrected chi connectivity index (χ0v) is 15.8. The Balaban J connectivity index is 0.000000422. The van der Waals surface area contributed by atoms with E-state index in [4.69, 9.17) is 0 Å². The number of halogens is 1. The number of hydrogen-bond donors (Lipinski definition) is 1. The van der Waals surface area contributed by atoms with Crippen LogP contribution in [0.25, 0.3) is 5.57 Å². The van der Waals surface area contributed by atoms with E-state index in [-0.39, 0.29) is 0 Å². The van der Waals surface area contributed by atoms with Crippen molar-refractivity contribution in [1.82, 2.24) is 5.32 Å². The fourth-order valence-electron chi connectivity index (χ4n) is 2.31. The van der Waals surface area contributed by atoms with Crippen LogP contribution in [0.15, 0.2) is 58.6 Å². The van der Waals surface area contributed by atoms with Crippen molar-refractivity contribution in [2.75, 3.05) is 13.6 Å². The molecule has 2 heteroatoms. The highest BCUT2D eigenvalue weighted by Crippen LogP contribution is 2.26. The van der Waals surface area contributed by atoms with Crippen molar-refractivity contribution in [3.63, 3.8) is 0 Å². The van der Waals surface area contributed by atoms with Crippen LogP contribution in [0, 0.1) is 5.92 Å². The van der Waals surface area contributed by atoms with E-state index in [0.717, 1.165) is 17.4 Å². The Morgan fingerprint density at radius 1 is 1.32 bits per heavy atom. The number of benzene rings is 1. The van der Waals surface area contributed by atoms with Gasteiger partial charge in [-0.05, 0) is 63.6 Å². The predicted octanol–water partition coefficient (Wildman–Crippen LogP) is 5.99. The lowest BCUT2D eigenvalue weighted by Crippen LogP contribution is -2.04. The summed E-state index contributed by atoms with van der Waals surface area (Å²) in [6, 6.07) is 8.51. The van der Waals surface area contributed by atoms with Gasteiger partial charge in [0.2, 0.25) is 0 Å². The van der Waals surface area contributed by atoms with Crippen molar-refractivity contribution in [3.05, 3.63) is 64.2 Å². The number of allylic oxidation sites excluding steroid dienone is 6. The maximum atomic E-state index is 3.46. The van der Waals surface area contributed by atoms with E-state index < -0.39 is 0 Å². The summed E-state index contributed by atoms with van der Waals surface area (Å²) in [6.07, 6.45) is 11.3. The normalized spacial score (nSPS) is 17.6. The van der Waals surface area contributed by atoms with Gasteiger partial charge in [-0.25, -0.2) is 0 Å². The summed E-state index contributed by atoms with van der Waals surface area (Å²) >= 11 is 3.46. The van der Waals surface area contributed by atoms with Gasteiger partial charge < -0.3 is 5.32 Å². The van der Waals surface area contributed by atoms with E-state index in [1.165, 1.54) is 23.1 Å². The highest BCUT2D eigenvalue weighted by atomic mass is 79.9. The molecule has 0 heterocycles. The first-order chi connectivity index (χ1) is 10.6. The molecule has 1 aromatic carbocycles. The summed E-state index contributed by atoms with van der Waals surface area (Å²) in [7, 11) is 1.96. The molecule has 1 nitrogen and oxygen atoms in total. The minimum atomic E-state index is 0.559. The molecular formula is C20H28BrN. The second-order valence-corrected chi connectivity index (χ2v) is 6.56. The van der Waals surface area contributed by atoms with E-state index in [1.54, 1.807) is 0 Å². The lowest BCUT2D eigenvalue weighted by molar-refractivity contribution is 0.765. The van der Waals surface area contributed by atoms with Crippen molar-refractivity contribution < 1.29 is 0 Å². The van der Waals surface area contributed by atoms with E-state index in [9.17, 15) is 0 Å². The van der Waals surface area contributed by atoms with Crippen molar-refractivity contribution in [2.24, 2.45) is 5.92 Å². The Labute approximate surface area is 144 Å². The van der Waals surface area contributed by atoms with Crippen LogP contribution in [0.2, 0.25) is 0 Å². The molecule has 1 aliphatic rings. The van der Waals surface area contributed by atoms with Crippen LogP contribution in [0.5, 0.6) is 0 Å². The van der Waals surface area contributed by atoms with Crippen LogP contribution in [-0.4, -0.2) is 13.6 Å². The number of rotatable bonds is 4. The maximum Gasteiger partial charge on any atom is 0.0175 e. The van der Waals surface area contributed by atoms with Crippen LogP contribution in [-0.2, 0) is 0 Å². The number of hydrogen-bond acceptors (Lipinski definition) is 1. The molecule has 120 valence electrons. The summed E-state index contributed by atoms with van der Waals surface area (Å²) in [4.78, 5) is 0. The molecule has 0 amide bonds. The third-order valence-corrected chi connectivity index (χ3v) is 4.25. The summed E-state index contributed by atoms with van der Waals surface area (Å²) in [5.74, 6) is 0.559. The van der Waals surface area contributed by atoms with E-state index in [1.807, 2.05) is 7.05 Å². The Bertz CT molecular complexity index is 521. The summed E-state index contributed by atoms with van der Waals surface area (Å²) in [6.45, 7) is 7.69. The quantitative estimate of drug-likeness (QED) is 0.694. The SMILES string of the molecule is CC1=CC=CCC1/C=C(\C)c1ccc(Br)cc1.CCCNC. The zero-order chi connectivity index (χ0) is 16.4. The lowest BCUT2D eigenvalue weighted by atomic mass is 9.90. The average molecular weight is 362 g/mol. The Morgan fingerprint density at radius 3 is 2.50 bits per heavy atom. The van der Waals surface area contributed by atoms with E-state index in [0.29, 0.717) is 5.92 Å². The highest BCUT2D eigenvalue weighted by Gasteiger charge is 2.09. The zero-order valence-electron chi connectivity index (χ0n) is 14.2. The molecule has 0 spiro atoms. The van der Waals surface area contributed by atoms with Gasteiger partial charge in [-0.2, -0.15) is 0 Å². The van der Waals surface area contributed by atoms with Gasteiger partial charge in [0, 0.05) is 10.4 Å². The summed E-state index contributed by atoms with van der Waals surface area (Å²) < 4.78 is 1.13. The minimum absolute atomic E-state index is 0.559. The lowest BCUT2D eigenvalue weighted by Gasteiger charge is -2.16. The van der Waals surface area contributed by atoms with Crippen LogP contribution in [0.4, 0.5) is 0 Å². The smallest absolute Gasteiger partial charge is 0.0175 e. The third-order valence-electron chi connectivity index (χ3n) is 3.72. The van der Waals surface area contributed by atoms with E-state index >= 15 is 0 Å². The molecule has 0 fully saturated rings. The first-order valence-corrected chi connectivity index (χ1v) is 8.80. The van der Waals surface area contributed by atoms with Gasteiger partial charge >= 0.3 is 0 Å². The van der Waals surface area contributed by atoms with Gasteiger partial charge in [0.25, 0.3) is 0 Å². The van der Waals surface area contributed by atoms with Gasteiger partial charge in [0.1, 0.15) is 0 Å². The first-order valence-electron chi connectivity index (χ1n) is 8.00. The molecule has 0 saturated carbocycles. The van der Waals surface area contributed by atoms with Crippen molar-refractivity contribution in [3.8, 4) is 0 Å². The fraction of sp³-hybridized carbons (Fsp3) is 0.400.